The summed E-state index contributed by atoms with van der Waals surface area (Å²) in [6.45, 7) is 1.88. The Hall–Kier alpha value is -1.23. The molecule has 76 valence electrons. The summed E-state index contributed by atoms with van der Waals surface area (Å²) in [6, 6.07) is 2.20. The second-order valence-electron chi connectivity index (χ2n) is 2.70. The van der Waals surface area contributed by atoms with Crippen molar-refractivity contribution in [2.45, 2.75) is 6.92 Å². The van der Waals surface area contributed by atoms with E-state index in [1.54, 1.807) is 13.3 Å². The molecule has 0 radical (unpaired) electrons. The quantitative estimate of drug-likeness (QED) is 0.738. The third kappa shape index (κ3) is 2.63. The topological polar surface area (TPSA) is 47.0 Å². The van der Waals surface area contributed by atoms with Gasteiger partial charge in [-0.05, 0) is 13.0 Å². The first-order valence-corrected chi connectivity index (χ1v) is 4.58. The monoisotopic (exact) mass is 211 g/mol. The highest BCUT2D eigenvalue weighted by Crippen LogP contribution is 2.17. The maximum Gasteiger partial charge on any atom is 0.316 e. The van der Waals surface area contributed by atoms with Crippen molar-refractivity contribution in [1.29, 1.82) is 0 Å². The Balaban J connectivity index is 3.09. The van der Waals surface area contributed by atoms with Crippen molar-refractivity contribution in [3.8, 4) is 6.01 Å². The molecule has 0 fully saturated rings. The van der Waals surface area contributed by atoms with E-state index < -0.39 is 0 Å². The predicted octanol–water partition coefficient (Wildman–Crippen LogP) is 1.24. The van der Waals surface area contributed by atoms with E-state index in [1.807, 2.05) is 20.0 Å². The number of hydrogen-bond donors (Lipinski definition) is 2. The number of thiol groups is 1. The Kier molecular flexibility index (Phi) is 3.76. The summed E-state index contributed by atoms with van der Waals surface area (Å²) in [4.78, 5) is 8.98. The summed E-state index contributed by atoms with van der Waals surface area (Å²) >= 11 is 4.29. The minimum Gasteiger partial charge on any atom is -0.467 e. The zero-order chi connectivity index (χ0) is 10.6. The maximum absolute atomic E-state index is 4.96. The van der Waals surface area contributed by atoms with Gasteiger partial charge in [-0.3, -0.25) is 0 Å². The lowest BCUT2D eigenvalue weighted by atomic mass is 10.3. The third-order valence-corrected chi connectivity index (χ3v) is 1.92. The molecule has 1 aromatic heterocycles. The van der Waals surface area contributed by atoms with Crippen molar-refractivity contribution < 1.29 is 4.74 Å². The Morgan fingerprint density at radius 2 is 2.29 bits per heavy atom. The molecule has 0 saturated carbocycles. The molecule has 0 aliphatic rings. The lowest BCUT2D eigenvalue weighted by Crippen LogP contribution is -1.99. The van der Waals surface area contributed by atoms with Crippen molar-refractivity contribution in [3.63, 3.8) is 0 Å². The molecule has 0 aliphatic heterocycles. The molecule has 0 amide bonds. The van der Waals surface area contributed by atoms with Gasteiger partial charge in [-0.1, -0.05) is 0 Å². The van der Waals surface area contributed by atoms with Gasteiger partial charge < -0.3 is 10.1 Å². The number of nitrogens with one attached hydrogen (secondary N) is 1. The van der Waals surface area contributed by atoms with Crippen LogP contribution in [0.5, 0.6) is 6.01 Å². The molecule has 4 nitrogen and oxygen atoms in total. The zero-order valence-corrected chi connectivity index (χ0v) is 9.30. The van der Waals surface area contributed by atoms with E-state index in [0.717, 1.165) is 16.3 Å². The molecule has 1 heterocycles. The number of hydrogen-bond acceptors (Lipinski definition) is 5. The second kappa shape index (κ2) is 4.85. The average molecular weight is 211 g/mol. The molecule has 0 aromatic carbocycles. The van der Waals surface area contributed by atoms with Crippen LogP contribution >= 0.6 is 12.6 Å². The average Bonchev–Trinajstić information content (AvgIpc) is 2.17. The molecule has 0 bridgehead atoms. The lowest BCUT2D eigenvalue weighted by molar-refractivity contribution is 0.378. The summed E-state index contributed by atoms with van der Waals surface area (Å²) < 4.78 is 4.96. The smallest absolute Gasteiger partial charge is 0.316 e. The van der Waals surface area contributed by atoms with E-state index in [0.29, 0.717) is 6.01 Å². The molecule has 0 unspecified atom stereocenters. The van der Waals surface area contributed by atoms with E-state index in [4.69, 9.17) is 4.74 Å². The molecule has 0 aliphatic carbocycles. The van der Waals surface area contributed by atoms with Crippen molar-refractivity contribution in [2.75, 3.05) is 14.2 Å². The Bertz CT molecular complexity index is 352. The predicted molar refractivity (Wildman–Crippen MR) is 59.3 cm³/mol. The van der Waals surface area contributed by atoms with Crippen LogP contribution in [-0.2, 0) is 0 Å². The highest BCUT2D eigenvalue weighted by Gasteiger charge is 2.03. The summed E-state index contributed by atoms with van der Waals surface area (Å²) in [5.74, 6) is 0. The van der Waals surface area contributed by atoms with Gasteiger partial charge in [0.25, 0.3) is 0 Å². The summed E-state index contributed by atoms with van der Waals surface area (Å²) in [5, 5.41) is 2.88. The van der Waals surface area contributed by atoms with E-state index in [1.165, 1.54) is 0 Å². The van der Waals surface area contributed by atoms with Crippen molar-refractivity contribution in [2.24, 2.45) is 0 Å². The van der Waals surface area contributed by atoms with Gasteiger partial charge in [0.15, 0.2) is 0 Å². The maximum atomic E-state index is 4.96. The third-order valence-electron chi connectivity index (χ3n) is 1.56. The molecule has 1 aromatic rings. The number of methoxy groups -OCH3 is 1. The fourth-order valence-corrected chi connectivity index (χ4v) is 1.22. The molecule has 0 spiro atoms. The first-order chi connectivity index (χ1) is 6.67. The van der Waals surface area contributed by atoms with Gasteiger partial charge in [0.1, 0.15) is 0 Å². The van der Waals surface area contributed by atoms with Gasteiger partial charge in [-0.15, -0.1) is 12.6 Å². The van der Waals surface area contributed by atoms with E-state index in [9.17, 15) is 0 Å². The summed E-state index contributed by atoms with van der Waals surface area (Å²) in [5.41, 5.74) is 1.59. The Morgan fingerprint density at radius 1 is 1.57 bits per heavy atom. The largest absolute Gasteiger partial charge is 0.467 e. The van der Waals surface area contributed by atoms with Crippen molar-refractivity contribution >= 4 is 17.5 Å². The van der Waals surface area contributed by atoms with Crippen LogP contribution in [0.3, 0.4) is 0 Å². The van der Waals surface area contributed by atoms with Gasteiger partial charge in [0.05, 0.1) is 12.8 Å². The van der Waals surface area contributed by atoms with Crippen LogP contribution in [0.4, 0.5) is 0 Å². The zero-order valence-electron chi connectivity index (χ0n) is 8.40. The van der Waals surface area contributed by atoms with Crippen molar-refractivity contribution in [1.82, 2.24) is 15.3 Å². The van der Waals surface area contributed by atoms with E-state index in [2.05, 4.69) is 27.9 Å². The molecule has 5 heteroatoms. The van der Waals surface area contributed by atoms with Crippen LogP contribution in [0, 0.1) is 6.92 Å². The van der Waals surface area contributed by atoms with Crippen molar-refractivity contribution in [3.05, 3.63) is 23.7 Å². The van der Waals surface area contributed by atoms with E-state index in [-0.39, 0.29) is 0 Å². The number of aryl methyl sites for hydroxylation is 1. The van der Waals surface area contributed by atoms with Crippen LogP contribution in [0.15, 0.2) is 12.3 Å². The molecular formula is C9H13N3OS. The number of aromatic nitrogens is 2. The van der Waals surface area contributed by atoms with Crippen LogP contribution < -0.4 is 10.1 Å². The molecule has 0 atom stereocenters. The Morgan fingerprint density at radius 3 is 2.86 bits per heavy atom. The fraction of sp³-hybridized carbons (Fsp3) is 0.333. The summed E-state index contributed by atoms with van der Waals surface area (Å²) in [7, 11) is 3.35. The molecule has 1 rings (SSSR count). The minimum absolute atomic E-state index is 0.357. The minimum atomic E-state index is 0.357. The van der Waals surface area contributed by atoms with Gasteiger partial charge in [0.2, 0.25) is 0 Å². The number of ether oxygens (including phenoxy) is 1. The fourth-order valence-electron chi connectivity index (χ4n) is 0.974. The highest BCUT2D eigenvalue weighted by atomic mass is 32.1. The number of rotatable bonds is 3. The van der Waals surface area contributed by atoms with Gasteiger partial charge in [0, 0.05) is 23.8 Å². The summed E-state index contributed by atoms with van der Waals surface area (Å²) in [6.07, 6.45) is 1.75. The van der Waals surface area contributed by atoms with Crippen LogP contribution in [-0.4, -0.2) is 24.1 Å². The molecule has 1 N–H and O–H groups in total. The number of nitrogens with zero attached hydrogens (tertiary/aromatic N) is 2. The SMILES string of the molecule is CN/C=C(\S)c1cc(C)nc(OC)n1. The Labute approximate surface area is 88.8 Å². The van der Waals surface area contributed by atoms with Crippen LogP contribution in [0.1, 0.15) is 11.4 Å². The second-order valence-corrected chi connectivity index (χ2v) is 3.18. The van der Waals surface area contributed by atoms with Gasteiger partial charge >= 0.3 is 6.01 Å². The molecule has 0 saturated heterocycles. The first-order valence-electron chi connectivity index (χ1n) is 4.14. The van der Waals surface area contributed by atoms with Crippen LogP contribution in [0.2, 0.25) is 0 Å². The molecular weight excluding hydrogens is 198 g/mol. The van der Waals surface area contributed by atoms with Crippen LogP contribution in [0.25, 0.3) is 4.91 Å². The van der Waals surface area contributed by atoms with Gasteiger partial charge in [-0.2, -0.15) is 4.98 Å². The van der Waals surface area contributed by atoms with Gasteiger partial charge in [-0.25, -0.2) is 4.98 Å². The standard InChI is InChI=1S/C9H13N3OS/c1-6-4-7(8(14)5-10-2)12-9(11-6)13-3/h4-5,10,14H,1-3H3/b8-5-. The lowest BCUT2D eigenvalue weighted by Gasteiger charge is -2.04. The first kappa shape index (κ1) is 10.8. The molecule has 14 heavy (non-hydrogen) atoms. The van der Waals surface area contributed by atoms with E-state index >= 15 is 0 Å². The highest BCUT2D eigenvalue weighted by molar-refractivity contribution is 7.90. The normalized spacial score (nSPS) is 11.3.